The van der Waals surface area contributed by atoms with Gasteiger partial charge in [-0.2, -0.15) is 4.98 Å². The number of nitrogens with one attached hydrogen (secondary N) is 2. The second kappa shape index (κ2) is 5.83. The lowest BCUT2D eigenvalue weighted by Gasteiger charge is -2.12. The molecule has 1 unspecified atom stereocenters. The normalized spacial score (nSPS) is 17.9. The van der Waals surface area contributed by atoms with Crippen molar-refractivity contribution in [2.75, 3.05) is 25.5 Å². The van der Waals surface area contributed by atoms with Gasteiger partial charge in [-0.1, -0.05) is 12.1 Å². The van der Waals surface area contributed by atoms with Crippen LogP contribution in [0.15, 0.2) is 30.6 Å². The molecule has 1 fully saturated rings. The molecule has 1 aromatic carbocycles. The van der Waals surface area contributed by atoms with E-state index in [9.17, 15) is 0 Å². The number of hydrogen-bond acceptors (Lipinski definition) is 6. The molecule has 104 valence electrons. The Hall–Kier alpha value is -2.21. The van der Waals surface area contributed by atoms with E-state index < -0.39 is 0 Å². The molecule has 0 bridgehead atoms. The highest BCUT2D eigenvalue weighted by atomic mass is 16.5. The molecule has 1 atom stereocenters. The van der Waals surface area contributed by atoms with Crippen molar-refractivity contribution in [1.29, 1.82) is 0 Å². The fraction of sp³-hybridized carbons (Fsp3) is 0.357. The van der Waals surface area contributed by atoms with E-state index in [0.717, 1.165) is 30.8 Å². The third-order valence-corrected chi connectivity index (χ3v) is 3.31. The summed E-state index contributed by atoms with van der Waals surface area (Å²) in [5.41, 5.74) is 0.866. The number of para-hydroxylation sites is 1. The van der Waals surface area contributed by atoms with Gasteiger partial charge in [0, 0.05) is 12.6 Å². The van der Waals surface area contributed by atoms with Gasteiger partial charge in [0.2, 0.25) is 5.95 Å². The maximum absolute atomic E-state index is 5.34. The smallest absolute Gasteiger partial charge is 0.226 e. The lowest BCUT2D eigenvalue weighted by Crippen LogP contribution is -2.23. The maximum Gasteiger partial charge on any atom is 0.226 e. The number of aromatic nitrogens is 3. The third-order valence-electron chi connectivity index (χ3n) is 3.31. The molecule has 1 aliphatic heterocycles. The van der Waals surface area contributed by atoms with E-state index in [2.05, 4.69) is 25.6 Å². The van der Waals surface area contributed by atoms with Crippen LogP contribution < -0.4 is 15.4 Å². The Morgan fingerprint density at radius 2 is 2.20 bits per heavy atom. The largest absolute Gasteiger partial charge is 0.496 e. The number of hydrogen-bond donors (Lipinski definition) is 2. The summed E-state index contributed by atoms with van der Waals surface area (Å²) in [6.07, 6.45) is 2.61. The second-order valence-electron chi connectivity index (χ2n) is 4.67. The lowest BCUT2D eigenvalue weighted by molar-refractivity contribution is 0.416. The van der Waals surface area contributed by atoms with Gasteiger partial charge in [0.05, 0.1) is 12.7 Å². The van der Waals surface area contributed by atoms with Gasteiger partial charge in [-0.15, -0.1) is 0 Å². The first kappa shape index (κ1) is 12.8. The monoisotopic (exact) mass is 271 g/mol. The van der Waals surface area contributed by atoms with Gasteiger partial charge in [-0.05, 0) is 25.1 Å². The molecule has 20 heavy (non-hydrogen) atoms. The fourth-order valence-electron chi connectivity index (χ4n) is 2.29. The summed E-state index contributed by atoms with van der Waals surface area (Å²) < 4.78 is 5.34. The zero-order valence-corrected chi connectivity index (χ0v) is 11.3. The van der Waals surface area contributed by atoms with Crippen LogP contribution in [-0.4, -0.2) is 41.2 Å². The topological polar surface area (TPSA) is 72.0 Å². The molecule has 6 heteroatoms. The van der Waals surface area contributed by atoms with E-state index in [0.29, 0.717) is 17.8 Å². The van der Waals surface area contributed by atoms with Crippen LogP contribution in [0, 0.1) is 0 Å². The Balaban J connectivity index is 1.86. The highest BCUT2D eigenvalue weighted by molar-refractivity contribution is 5.64. The number of anilines is 1. The highest BCUT2D eigenvalue weighted by Gasteiger charge is 2.16. The van der Waals surface area contributed by atoms with E-state index in [4.69, 9.17) is 4.74 Å². The SMILES string of the molecule is COc1ccccc1-c1ncnc(NC2CCNC2)n1. The first-order valence-corrected chi connectivity index (χ1v) is 6.66. The van der Waals surface area contributed by atoms with E-state index in [1.807, 2.05) is 24.3 Å². The summed E-state index contributed by atoms with van der Waals surface area (Å²) in [5.74, 6) is 1.98. The molecule has 2 heterocycles. The molecule has 1 saturated heterocycles. The van der Waals surface area contributed by atoms with Crippen LogP contribution in [0.5, 0.6) is 5.75 Å². The van der Waals surface area contributed by atoms with Crippen LogP contribution in [0.2, 0.25) is 0 Å². The van der Waals surface area contributed by atoms with Gasteiger partial charge in [0.1, 0.15) is 12.1 Å². The first-order chi connectivity index (χ1) is 9.86. The number of ether oxygens (including phenoxy) is 1. The predicted octanol–water partition coefficient (Wildman–Crippen LogP) is 1.32. The molecule has 2 aromatic rings. The predicted molar refractivity (Wildman–Crippen MR) is 76.7 cm³/mol. The Labute approximate surface area is 117 Å². The van der Waals surface area contributed by atoms with Crippen molar-refractivity contribution in [3.63, 3.8) is 0 Å². The third kappa shape index (κ3) is 2.70. The van der Waals surface area contributed by atoms with Crippen molar-refractivity contribution in [1.82, 2.24) is 20.3 Å². The first-order valence-electron chi connectivity index (χ1n) is 6.66. The molecule has 0 aliphatic carbocycles. The number of nitrogens with zero attached hydrogens (tertiary/aromatic N) is 3. The summed E-state index contributed by atoms with van der Waals surface area (Å²) in [6, 6.07) is 8.08. The molecule has 3 rings (SSSR count). The van der Waals surface area contributed by atoms with Crippen LogP contribution in [0.1, 0.15) is 6.42 Å². The number of benzene rings is 1. The van der Waals surface area contributed by atoms with Gasteiger partial charge in [-0.25, -0.2) is 9.97 Å². The molecule has 0 spiro atoms. The molecule has 0 amide bonds. The van der Waals surface area contributed by atoms with E-state index in [1.54, 1.807) is 7.11 Å². The van der Waals surface area contributed by atoms with Crippen molar-refractivity contribution in [2.24, 2.45) is 0 Å². The fourth-order valence-corrected chi connectivity index (χ4v) is 2.29. The quantitative estimate of drug-likeness (QED) is 0.874. The minimum absolute atomic E-state index is 0.378. The van der Waals surface area contributed by atoms with Gasteiger partial charge >= 0.3 is 0 Å². The van der Waals surface area contributed by atoms with Gasteiger partial charge in [0.25, 0.3) is 0 Å². The van der Waals surface area contributed by atoms with Crippen molar-refractivity contribution >= 4 is 5.95 Å². The van der Waals surface area contributed by atoms with E-state index >= 15 is 0 Å². The molecule has 0 radical (unpaired) electrons. The highest BCUT2D eigenvalue weighted by Crippen LogP contribution is 2.26. The van der Waals surface area contributed by atoms with Crippen LogP contribution in [0.3, 0.4) is 0 Å². The van der Waals surface area contributed by atoms with Gasteiger partial charge in [0.15, 0.2) is 5.82 Å². The zero-order valence-electron chi connectivity index (χ0n) is 11.3. The second-order valence-corrected chi connectivity index (χ2v) is 4.67. The van der Waals surface area contributed by atoms with Crippen molar-refractivity contribution in [3.05, 3.63) is 30.6 Å². The average Bonchev–Trinajstić information content (AvgIpc) is 3.00. The molecule has 2 N–H and O–H groups in total. The van der Waals surface area contributed by atoms with Crippen LogP contribution in [0.25, 0.3) is 11.4 Å². The van der Waals surface area contributed by atoms with Crippen LogP contribution >= 0.6 is 0 Å². The summed E-state index contributed by atoms with van der Waals surface area (Å²) in [4.78, 5) is 12.9. The van der Waals surface area contributed by atoms with Gasteiger partial charge in [-0.3, -0.25) is 0 Å². The van der Waals surface area contributed by atoms with Crippen LogP contribution in [0.4, 0.5) is 5.95 Å². The summed E-state index contributed by atoms with van der Waals surface area (Å²) >= 11 is 0. The molecule has 1 aliphatic rings. The standard InChI is InChI=1S/C14H17N5O/c1-20-12-5-3-2-4-11(12)13-16-9-17-14(19-13)18-10-6-7-15-8-10/h2-5,9-10,15H,6-8H2,1H3,(H,16,17,18,19). The number of rotatable bonds is 4. The molecular formula is C14H17N5O. The molecule has 6 nitrogen and oxygen atoms in total. The zero-order chi connectivity index (χ0) is 13.8. The maximum atomic E-state index is 5.34. The number of methoxy groups -OCH3 is 1. The van der Waals surface area contributed by atoms with E-state index in [-0.39, 0.29) is 0 Å². The van der Waals surface area contributed by atoms with Crippen molar-refractivity contribution < 1.29 is 4.74 Å². The molecule has 1 aromatic heterocycles. The summed E-state index contributed by atoms with van der Waals surface area (Å²) in [5, 5.41) is 6.63. The van der Waals surface area contributed by atoms with Crippen molar-refractivity contribution in [2.45, 2.75) is 12.5 Å². The Morgan fingerprint density at radius 1 is 1.30 bits per heavy atom. The lowest BCUT2D eigenvalue weighted by atomic mass is 10.2. The Morgan fingerprint density at radius 3 is 3.00 bits per heavy atom. The van der Waals surface area contributed by atoms with E-state index in [1.165, 1.54) is 6.33 Å². The van der Waals surface area contributed by atoms with Crippen molar-refractivity contribution in [3.8, 4) is 17.1 Å². The van der Waals surface area contributed by atoms with Crippen LogP contribution in [-0.2, 0) is 0 Å². The minimum Gasteiger partial charge on any atom is -0.496 e. The van der Waals surface area contributed by atoms with Gasteiger partial charge < -0.3 is 15.4 Å². The Bertz CT molecular complexity index is 583. The summed E-state index contributed by atoms with van der Waals surface area (Å²) in [6.45, 7) is 1.97. The minimum atomic E-state index is 0.378. The molecular weight excluding hydrogens is 254 g/mol. The Kier molecular flexibility index (Phi) is 3.73. The summed E-state index contributed by atoms with van der Waals surface area (Å²) in [7, 11) is 1.64. The molecule has 0 saturated carbocycles. The average molecular weight is 271 g/mol.